The van der Waals surface area contributed by atoms with Crippen LogP contribution in [0.15, 0.2) is 12.3 Å². The van der Waals surface area contributed by atoms with Gasteiger partial charge in [-0.1, -0.05) is 12.2 Å². The fourth-order valence-corrected chi connectivity index (χ4v) is 0.551. The van der Waals surface area contributed by atoms with Crippen molar-refractivity contribution in [1.29, 1.82) is 0 Å². The summed E-state index contributed by atoms with van der Waals surface area (Å²) in [7, 11) is 0. The summed E-state index contributed by atoms with van der Waals surface area (Å²) in [5.74, 6) is 0.359. The van der Waals surface area contributed by atoms with E-state index in [0.29, 0.717) is 10.6 Å². The van der Waals surface area contributed by atoms with Crippen LogP contribution in [-0.2, 0) is 0 Å². The van der Waals surface area contributed by atoms with Gasteiger partial charge in [-0.2, -0.15) is 0 Å². The van der Waals surface area contributed by atoms with E-state index in [1.807, 2.05) is 0 Å². The Bertz CT molecular complexity index is 238. The van der Waals surface area contributed by atoms with Crippen molar-refractivity contribution in [1.82, 2.24) is 9.97 Å². The summed E-state index contributed by atoms with van der Waals surface area (Å²) in [6, 6.07) is 1.67. The van der Waals surface area contributed by atoms with Crippen LogP contribution in [0.2, 0.25) is 0 Å². The summed E-state index contributed by atoms with van der Waals surface area (Å²) < 4.78 is 0.609. The van der Waals surface area contributed by atoms with Crippen LogP contribution >= 0.6 is 12.2 Å². The molecule has 0 aliphatic heterocycles. The molecule has 1 aromatic heterocycles. The molecule has 0 atom stereocenters. The van der Waals surface area contributed by atoms with Crippen molar-refractivity contribution in [3.63, 3.8) is 0 Å². The molecule has 1 heterocycles. The summed E-state index contributed by atoms with van der Waals surface area (Å²) in [5, 5.41) is 0. The van der Waals surface area contributed by atoms with Gasteiger partial charge in [-0.05, 0) is 6.07 Å². The van der Waals surface area contributed by atoms with Crippen molar-refractivity contribution < 1.29 is 31.0 Å². The van der Waals surface area contributed by atoms with Gasteiger partial charge in [0.2, 0.25) is 0 Å². The maximum absolute atomic E-state index is 5.23. The Labute approximate surface area is 81.5 Å². The SMILES string of the molecule is Nc1nccc(=S)[nH]1.[H-].[Na+]. The third kappa shape index (κ3) is 2.95. The molecular formula is C4H6N3NaS. The Kier molecular flexibility index (Phi) is 4.05. The molecule has 0 amide bonds. The molecule has 0 aliphatic rings. The van der Waals surface area contributed by atoms with Gasteiger partial charge in [-0.15, -0.1) is 0 Å². The normalized spacial score (nSPS) is 8.00. The zero-order chi connectivity index (χ0) is 5.98. The number of rotatable bonds is 0. The molecule has 0 radical (unpaired) electrons. The van der Waals surface area contributed by atoms with Crippen molar-refractivity contribution in [2.45, 2.75) is 0 Å². The first kappa shape index (κ1) is 9.10. The molecule has 5 heteroatoms. The van der Waals surface area contributed by atoms with Crippen molar-refractivity contribution in [3.05, 3.63) is 16.9 Å². The van der Waals surface area contributed by atoms with E-state index in [1.54, 1.807) is 12.3 Å². The monoisotopic (exact) mass is 151 g/mol. The Morgan fingerprint density at radius 3 is 2.78 bits per heavy atom. The molecular weight excluding hydrogens is 145 g/mol. The quantitative estimate of drug-likeness (QED) is 0.328. The van der Waals surface area contributed by atoms with Crippen LogP contribution in [-0.4, -0.2) is 9.97 Å². The first-order valence-electron chi connectivity index (χ1n) is 2.10. The Morgan fingerprint density at radius 1 is 1.78 bits per heavy atom. The average Bonchev–Trinajstić information content (AvgIpc) is 1.64. The first-order valence-corrected chi connectivity index (χ1v) is 2.50. The smallest absolute Gasteiger partial charge is 1.00 e. The third-order valence-corrected chi connectivity index (χ3v) is 0.929. The Balaban J connectivity index is 0. The van der Waals surface area contributed by atoms with Gasteiger partial charge < -0.3 is 12.1 Å². The third-order valence-electron chi connectivity index (χ3n) is 0.691. The summed E-state index contributed by atoms with van der Waals surface area (Å²) in [6.07, 6.45) is 1.56. The summed E-state index contributed by atoms with van der Waals surface area (Å²) >= 11 is 4.72. The van der Waals surface area contributed by atoms with Crippen LogP contribution in [0.5, 0.6) is 0 Å². The van der Waals surface area contributed by atoms with Crippen LogP contribution in [0.4, 0.5) is 5.95 Å². The van der Waals surface area contributed by atoms with Crippen LogP contribution in [0.1, 0.15) is 1.43 Å². The number of nitrogens with zero attached hydrogens (tertiary/aromatic N) is 1. The van der Waals surface area contributed by atoms with E-state index in [1.165, 1.54) is 0 Å². The maximum Gasteiger partial charge on any atom is 1.00 e. The van der Waals surface area contributed by atoms with Gasteiger partial charge in [0, 0.05) is 6.20 Å². The molecule has 3 N–H and O–H groups in total. The second kappa shape index (κ2) is 4.00. The largest absolute Gasteiger partial charge is 1.00 e. The molecule has 1 aromatic rings. The number of anilines is 1. The van der Waals surface area contributed by atoms with E-state index >= 15 is 0 Å². The van der Waals surface area contributed by atoms with Gasteiger partial charge in [0.25, 0.3) is 0 Å². The predicted molar refractivity (Wildman–Crippen MR) is 34.9 cm³/mol. The van der Waals surface area contributed by atoms with Gasteiger partial charge in [0.05, 0.1) is 0 Å². The molecule has 0 spiro atoms. The van der Waals surface area contributed by atoms with E-state index < -0.39 is 0 Å². The summed E-state index contributed by atoms with van der Waals surface area (Å²) in [6.45, 7) is 0. The number of H-pyrrole nitrogens is 1. The number of hydrogen-bond acceptors (Lipinski definition) is 3. The van der Waals surface area contributed by atoms with Gasteiger partial charge >= 0.3 is 29.6 Å². The standard InChI is InChI=1S/C4H5N3S.Na.H/c5-4-6-2-1-3(8)7-4;;/h1-2H,(H3,5,6,7,8);;/q;+1;-1. The summed E-state index contributed by atoms with van der Waals surface area (Å²) in [5.41, 5.74) is 5.23. The zero-order valence-electron chi connectivity index (χ0n) is 6.09. The van der Waals surface area contributed by atoms with Crippen LogP contribution in [0, 0.1) is 4.64 Å². The van der Waals surface area contributed by atoms with E-state index in [-0.39, 0.29) is 31.0 Å². The second-order valence-corrected chi connectivity index (χ2v) is 1.76. The van der Waals surface area contributed by atoms with E-state index in [2.05, 4.69) is 9.97 Å². The molecule has 3 nitrogen and oxygen atoms in total. The summed E-state index contributed by atoms with van der Waals surface area (Å²) in [4.78, 5) is 6.35. The maximum atomic E-state index is 5.23. The fourth-order valence-electron chi connectivity index (χ4n) is 0.385. The van der Waals surface area contributed by atoms with Crippen molar-refractivity contribution >= 4 is 18.2 Å². The minimum atomic E-state index is 0. The Hall–Kier alpha value is 0.1000. The Morgan fingerprint density at radius 2 is 2.44 bits per heavy atom. The van der Waals surface area contributed by atoms with Gasteiger partial charge in [-0.3, -0.25) is 0 Å². The molecule has 9 heavy (non-hydrogen) atoms. The fraction of sp³-hybridized carbons (Fsp3) is 0. The van der Waals surface area contributed by atoms with Crippen molar-refractivity contribution in [2.24, 2.45) is 0 Å². The molecule has 0 fully saturated rings. The minimum Gasteiger partial charge on any atom is -1.00 e. The zero-order valence-corrected chi connectivity index (χ0v) is 7.90. The second-order valence-electron chi connectivity index (χ2n) is 1.32. The van der Waals surface area contributed by atoms with Crippen molar-refractivity contribution in [2.75, 3.05) is 5.73 Å². The number of nitrogen functional groups attached to an aromatic ring is 1. The first-order chi connectivity index (χ1) is 3.79. The van der Waals surface area contributed by atoms with Crippen LogP contribution in [0.3, 0.4) is 0 Å². The van der Waals surface area contributed by atoms with Gasteiger partial charge in [-0.25, -0.2) is 4.98 Å². The number of hydrogen-bond donors (Lipinski definition) is 2. The van der Waals surface area contributed by atoms with Crippen LogP contribution in [0.25, 0.3) is 0 Å². The molecule has 0 aliphatic carbocycles. The number of aromatic nitrogens is 2. The van der Waals surface area contributed by atoms with E-state index in [9.17, 15) is 0 Å². The molecule has 0 aromatic carbocycles. The predicted octanol–water partition coefficient (Wildman–Crippen LogP) is -2.16. The molecule has 0 saturated carbocycles. The number of aromatic amines is 1. The molecule has 0 saturated heterocycles. The molecule has 0 bridgehead atoms. The average molecular weight is 151 g/mol. The molecule has 44 valence electrons. The topological polar surface area (TPSA) is 54.7 Å². The van der Waals surface area contributed by atoms with Crippen LogP contribution < -0.4 is 35.3 Å². The molecule has 0 unspecified atom stereocenters. The molecule has 1 rings (SSSR count). The van der Waals surface area contributed by atoms with Gasteiger partial charge in [0.1, 0.15) is 4.64 Å². The number of nitrogens with two attached hydrogens (primary N) is 1. The number of nitrogens with one attached hydrogen (secondary N) is 1. The minimum absolute atomic E-state index is 0. The van der Waals surface area contributed by atoms with Gasteiger partial charge in [0.15, 0.2) is 5.95 Å². The van der Waals surface area contributed by atoms with E-state index in [0.717, 1.165) is 0 Å². The van der Waals surface area contributed by atoms with Crippen molar-refractivity contribution in [3.8, 4) is 0 Å². The van der Waals surface area contributed by atoms with E-state index in [4.69, 9.17) is 18.0 Å².